The molecule has 0 atom stereocenters. The first-order valence-electron chi connectivity index (χ1n) is 3.99. The van der Waals surface area contributed by atoms with Gasteiger partial charge in [-0.3, -0.25) is 0 Å². The Kier molecular flexibility index (Phi) is 3.51. The van der Waals surface area contributed by atoms with Crippen LogP contribution < -0.4 is 5.32 Å². The number of anilines is 2. The van der Waals surface area contributed by atoms with Crippen molar-refractivity contribution in [2.45, 2.75) is 0 Å². The normalized spacial score (nSPS) is 10.3. The van der Waals surface area contributed by atoms with Gasteiger partial charge >= 0.3 is 0 Å². The van der Waals surface area contributed by atoms with E-state index in [9.17, 15) is 0 Å². The third kappa shape index (κ3) is 2.64. The van der Waals surface area contributed by atoms with Gasteiger partial charge in [0.15, 0.2) is 5.13 Å². The van der Waals surface area contributed by atoms with Crippen LogP contribution in [0.15, 0.2) is 28.2 Å². The molecule has 0 spiro atoms. The van der Waals surface area contributed by atoms with E-state index in [0.717, 1.165) is 15.4 Å². The van der Waals surface area contributed by atoms with E-state index in [4.69, 9.17) is 23.2 Å². The molecule has 1 N–H and O–H groups in total. The van der Waals surface area contributed by atoms with Crippen LogP contribution in [0.4, 0.5) is 10.8 Å². The van der Waals surface area contributed by atoms with E-state index < -0.39 is 0 Å². The van der Waals surface area contributed by atoms with Gasteiger partial charge in [-0.1, -0.05) is 29.3 Å². The van der Waals surface area contributed by atoms with Gasteiger partial charge in [0.05, 0.1) is 15.7 Å². The maximum atomic E-state index is 6.02. The third-order valence-electron chi connectivity index (χ3n) is 1.67. The summed E-state index contributed by atoms with van der Waals surface area (Å²) in [7, 11) is 0. The van der Waals surface area contributed by atoms with Crippen LogP contribution in [0.5, 0.6) is 0 Å². The largest absolute Gasteiger partial charge is 0.330 e. The molecule has 1 aromatic heterocycles. The van der Waals surface area contributed by atoms with Crippen LogP contribution in [0.25, 0.3) is 0 Å². The van der Waals surface area contributed by atoms with Crippen LogP contribution in [-0.2, 0) is 0 Å². The molecular formula is C9H5BrCl2N2S. The van der Waals surface area contributed by atoms with Crippen molar-refractivity contribution in [2.24, 2.45) is 0 Å². The lowest BCUT2D eigenvalue weighted by molar-refractivity contribution is 1.35. The fourth-order valence-electron chi connectivity index (χ4n) is 1.03. The van der Waals surface area contributed by atoms with E-state index in [0.29, 0.717) is 10.0 Å². The zero-order chi connectivity index (χ0) is 10.8. The molecule has 0 saturated carbocycles. The van der Waals surface area contributed by atoms with Crippen LogP contribution in [0.1, 0.15) is 0 Å². The molecule has 6 heteroatoms. The van der Waals surface area contributed by atoms with Gasteiger partial charge in [0.1, 0.15) is 4.60 Å². The standard InChI is InChI=1S/C9H5BrCl2N2S/c10-7-4-15-9(14-7)13-6-3-1-2-5(11)8(6)12/h1-4H,(H,13,14). The van der Waals surface area contributed by atoms with Crippen LogP contribution in [0.2, 0.25) is 10.0 Å². The predicted molar refractivity (Wildman–Crippen MR) is 69.6 cm³/mol. The molecular weight excluding hydrogens is 319 g/mol. The second kappa shape index (κ2) is 4.70. The number of rotatable bonds is 2. The Bertz CT molecular complexity index is 487. The molecule has 0 unspecified atom stereocenters. The van der Waals surface area contributed by atoms with Gasteiger partial charge in [-0.15, -0.1) is 11.3 Å². The van der Waals surface area contributed by atoms with Crippen LogP contribution in [0, 0.1) is 0 Å². The summed E-state index contributed by atoms with van der Waals surface area (Å²) in [4.78, 5) is 4.20. The summed E-state index contributed by atoms with van der Waals surface area (Å²) in [5.74, 6) is 0. The molecule has 2 nitrogen and oxygen atoms in total. The lowest BCUT2D eigenvalue weighted by Crippen LogP contribution is -1.90. The molecule has 2 aromatic rings. The molecule has 1 heterocycles. The highest BCUT2D eigenvalue weighted by atomic mass is 79.9. The van der Waals surface area contributed by atoms with Gasteiger partial charge in [0.25, 0.3) is 0 Å². The Morgan fingerprint density at radius 1 is 1.33 bits per heavy atom. The maximum absolute atomic E-state index is 6.02. The Labute approximate surface area is 109 Å². The summed E-state index contributed by atoms with van der Waals surface area (Å²) in [6.45, 7) is 0. The topological polar surface area (TPSA) is 24.9 Å². The molecule has 78 valence electrons. The van der Waals surface area contributed by atoms with Crippen molar-refractivity contribution >= 4 is 61.3 Å². The summed E-state index contributed by atoms with van der Waals surface area (Å²) < 4.78 is 0.799. The van der Waals surface area contributed by atoms with Crippen LogP contribution in [0.3, 0.4) is 0 Å². The van der Waals surface area contributed by atoms with Crippen molar-refractivity contribution in [3.63, 3.8) is 0 Å². The minimum Gasteiger partial charge on any atom is -0.330 e. The number of hydrogen-bond acceptors (Lipinski definition) is 3. The summed E-state index contributed by atoms with van der Waals surface area (Å²) >= 11 is 16.7. The van der Waals surface area contributed by atoms with Gasteiger partial charge in [-0.2, -0.15) is 0 Å². The average Bonchev–Trinajstić information content (AvgIpc) is 2.59. The summed E-state index contributed by atoms with van der Waals surface area (Å²) in [6.07, 6.45) is 0. The van der Waals surface area contributed by atoms with Gasteiger partial charge < -0.3 is 5.32 Å². The Morgan fingerprint density at radius 2 is 2.13 bits per heavy atom. The predicted octanol–water partition coefficient (Wildman–Crippen LogP) is 4.96. The number of halogens is 3. The smallest absolute Gasteiger partial charge is 0.188 e. The molecule has 0 aliphatic rings. The lowest BCUT2D eigenvalue weighted by atomic mass is 10.3. The molecule has 0 amide bonds. The third-order valence-corrected chi connectivity index (χ3v) is 3.96. The van der Waals surface area contributed by atoms with E-state index in [1.165, 1.54) is 11.3 Å². The molecule has 15 heavy (non-hydrogen) atoms. The minimum absolute atomic E-state index is 0.505. The number of nitrogens with one attached hydrogen (secondary N) is 1. The van der Waals surface area contributed by atoms with Gasteiger partial charge in [0, 0.05) is 5.38 Å². The number of nitrogens with zero attached hydrogens (tertiary/aromatic N) is 1. The summed E-state index contributed by atoms with van der Waals surface area (Å²) in [5, 5.41) is 6.78. The van der Waals surface area contributed by atoms with Crippen LogP contribution >= 0.6 is 50.5 Å². The van der Waals surface area contributed by atoms with E-state index >= 15 is 0 Å². The summed E-state index contributed by atoms with van der Waals surface area (Å²) in [6, 6.07) is 5.43. The molecule has 0 fully saturated rings. The van der Waals surface area contributed by atoms with E-state index in [2.05, 4.69) is 26.2 Å². The van der Waals surface area contributed by atoms with Gasteiger partial charge in [0.2, 0.25) is 0 Å². The molecule has 2 rings (SSSR count). The number of benzene rings is 1. The fourth-order valence-corrected chi connectivity index (χ4v) is 2.53. The fraction of sp³-hybridized carbons (Fsp3) is 0. The summed E-state index contributed by atoms with van der Waals surface area (Å²) in [5.41, 5.74) is 0.756. The molecule has 0 aliphatic heterocycles. The quantitative estimate of drug-likeness (QED) is 0.845. The molecule has 1 aromatic carbocycles. The second-order valence-electron chi connectivity index (χ2n) is 2.70. The highest BCUT2D eigenvalue weighted by Gasteiger charge is 2.06. The zero-order valence-electron chi connectivity index (χ0n) is 7.30. The Balaban J connectivity index is 2.28. The average molecular weight is 324 g/mol. The zero-order valence-corrected chi connectivity index (χ0v) is 11.2. The first kappa shape index (κ1) is 11.2. The first-order chi connectivity index (χ1) is 7.16. The van der Waals surface area contributed by atoms with Gasteiger partial charge in [-0.25, -0.2) is 4.98 Å². The highest BCUT2D eigenvalue weighted by Crippen LogP contribution is 2.32. The SMILES string of the molecule is Clc1cccc(Nc2nc(Br)cs2)c1Cl. The molecule has 0 radical (unpaired) electrons. The first-order valence-corrected chi connectivity index (χ1v) is 6.42. The van der Waals surface area contributed by atoms with Crippen molar-refractivity contribution in [1.29, 1.82) is 0 Å². The molecule has 0 bridgehead atoms. The Morgan fingerprint density at radius 3 is 2.80 bits per heavy atom. The molecule has 0 saturated heterocycles. The van der Waals surface area contributed by atoms with E-state index in [1.807, 2.05) is 17.5 Å². The van der Waals surface area contributed by atoms with Crippen LogP contribution in [-0.4, -0.2) is 4.98 Å². The Hall–Kier alpha value is -0.290. The van der Waals surface area contributed by atoms with Crippen molar-refractivity contribution in [2.75, 3.05) is 5.32 Å². The van der Waals surface area contributed by atoms with E-state index in [1.54, 1.807) is 6.07 Å². The number of aromatic nitrogens is 1. The second-order valence-corrected chi connectivity index (χ2v) is 5.16. The van der Waals surface area contributed by atoms with E-state index in [-0.39, 0.29) is 0 Å². The highest BCUT2D eigenvalue weighted by molar-refractivity contribution is 9.10. The monoisotopic (exact) mass is 322 g/mol. The lowest BCUT2D eigenvalue weighted by Gasteiger charge is -2.05. The van der Waals surface area contributed by atoms with Gasteiger partial charge in [-0.05, 0) is 28.1 Å². The number of thiazole rings is 1. The molecule has 0 aliphatic carbocycles. The maximum Gasteiger partial charge on any atom is 0.188 e. The van der Waals surface area contributed by atoms with Crippen molar-refractivity contribution in [3.8, 4) is 0 Å². The van der Waals surface area contributed by atoms with Crippen molar-refractivity contribution in [1.82, 2.24) is 4.98 Å². The minimum atomic E-state index is 0.505. The number of hydrogen-bond donors (Lipinski definition) is 1. The van der Waals surface area contributed by atoms with Crippen molar-refractivity contribution < 1.29 is 0 Å². The van der Waals surface area contributed by atoms with Crippen molar-refractivity contribution in [3.05, 3.63) is 38.2 Å².